The monoisotopic (exact) mass is 279 g/mol. The van der Waals surface area contributed by atoms with E-state index in [-0.39, 0.29) is 12.0 Å². The summed E-state index contributed by atoms with van der Waals surface area (Å²) in [4.78, 5) is 12.9. The van der Waals surface area contributed by atoms with E-state index in [9.17, 15) is 4.79 Å². The van der Waals surface area contributed by atoms with Crippen LogP contribution < -0.4 is 5.32 Å². The fourth-order valence-electron chi connectivity index (χ4n) is 1.84. The zero-order valence-corrected chi connectivity index (χ0v) is 12.5. The number of hydrogen-bond donors (Lipinski definition) is 1. The van der Waals surface area contributed by atoms with Gasteiger partial charge in [-0.25, -0.2) is 0 Å². The topological polar surface area (TPSA) is 38.3 Å². The summed E-state index contributed by atoms with van der Waals surface area (Å²) in [5.74, 6) is 0.550. The first kappa shape index (κ1) is 14.4. The molecule has 1 fully saturated rings. The zero-order valence-electron chi connectivity index (χ0n) is 11.7. The molecule has 1 aliphatic carbocycles. The van der Waals surface area contributed by atoms with E-state index < -0.39 is 0 Å². The second-order valence-corrected chi connectivity index (χ2v) is 6.17. The van der Waals surface area contributed by atoms with Crippen LogP contribution >= 0.6 is 11.8 Å². The van der Waals surface area contributed by atoms with Gasteiger partial charge in [0, 0.05) is 16.7 Å². The van der Waals surface area contributed by atoms with Gasteiger partial charge in [0.2, 0.25) is 0 Å². The number of esters is 1. The van der Waals surface area contributed by atoms with Crippen LogP contribution in [0.25, 0.3) is 0 Å². The van der Waals surface area contributed by atoms with Crippen molar-refractivity contribution in [2.24, 2.45) is 0 Å². The highest BCUT2D eigenvalue weighted by molar-refractivity contribution is 7.99. The number of methoxy groups -OCH3 is 1. The van der Waals surface area contributed by atoms with Crippen LogP contribution in [0.2, 0.25) is 0 Å². The lowest BCUT2D eigenvalue weighted by Crippen LogP contribution is -2.40. The Labute approximate surface area is 119 Å². The molecule has 0 radical (unpaired) electrons. The van der Waals surface area contributed by atoms with Gasteiger partial charge < -0.3 is 10.1 Å². The molecule has 1 aromatic rings. The largest absolute Gasteiger partial charge is 0.468 e. The van der Waals surface area contributed by atoms with Crippen LogP contribution in [-0.4, -0.2) is 30.9 Å². The Morgan fingerprint density at radius 3 is 2.74 bits per heavy atom. The van der Waals surface area contributed by atoms with E-state index in [1.54, 1.807) is 11.8 Å². The molecule has 1 N–H and O–H groups in total. The third-order valence-corrected chi connectivity index (χ3v) is 4.48. The van der Waals surface area contributed by atoms with Gasteiger partial charge >= 0.3 is 5.97 Å². The molecule has 1 aliphatic rings. The third kappa shape index (κ3) is 4.25. The van der Waals surface area contributed by atoms with Crippen molar-refractivity contribution >= 4 is 17.7 Å². The van der Waals surface area contributed by atoms with E-state index in [0.717, 1.165) is 0 Å². The Hall–Kier alpha value is -1.00. The molecule has 1 unspecified atom stereocenters. The molecule has 104 valence electrons. The van der Waals surface area contributed by atoms with E-state index in [2.05, 4.69) is 37.4 Å². The van der Waals surface area contributed by atoms with Crippen molar-refractivity contribution in [2.45, 2.75) is 43.7 Å². The number of rotatable bonds is 6. The summed E-state index contributed by atoms with van der Waals surface area (Å²) in [6.07, 6.45) is 2.34. The average Bonchev–Trinajstić information content (AvgIpc) is 3.21. The van der Waals surface area contributed by atoms with Crippen LogP contribution in [0, 0.1) is 13.8 Å². The highest BCUT2D eigenvalue weighted by atomic mass is 32.2. The van der Waals surface area contributed by atoms with Crippen molar-refractivity contribution in [3.8, 4) is 0 Å². The molecule has 19 heavy (non-hydrogen) atoms. The van der Waals surface area contributed by atoms with Crippen molar-refractivity contribution in [1.29, 1.82) is 0 Å². The maximum absolute atomic E-state index is 11.7. The van der Waals surface area contributed by atoms with Gasteiger partial charge in [0.15, 0.2) is 0 Å². The summed E-state index contributed by atoms with van der Waals surface area (Å²) in [7, 11) is 1.45. The minimum absolute atomic E-state index is 0.164. The van der Waals surface area contributed by atoms with Crippen LogP contribution in [0.5, 0.6) is 0 Å². The van der Waals surface area contributed by atoms with E-state index in [4.69, 9.17) is 4.74 Å². The second-order valence-electron chi connectivity index (χ2n) is 5.07. The first-order valence-electron chi connectivity index (χ1n) is 6.64. The number of thioether (sulfide) groups is 1. The van der Waals surface area contributed by atoms with Gasteiger partial charge in [0.05, 0.1) is 7.11 Å². The SMILES string of the molecule is COC(=O)C(CSc1ccc(C)c(C)c1)NC1CC1. The van der Waals surface area contributed by atoms with E-state index >= 15 is 0 Å². The van der Waals surface area contributed by atoms with Gasteiger partial charge in [-0.2, -0.15) is 0 Å². The third-order valence-electron chi connectivity index (χ3n) is 3.39. The summed E-state index contributed by atoms with van der Waals surface area (Å²) in [5.41, 5.74) is 2.58. The lowest BCUT2D eigenvalue weighted by atomic mass is 10.1. The summed E-state index contributed by atoms with van der Waals surface area (Å²) >= 11 is 1.70. The van der Waals surface area contributed by atoms with Crippen molar-refractivity contribution in [3.63, 3.8) is 0 Å². The summed E-state index contributed by atoms with van der Waals surface area (Å²) in [5, 5.41) is 3.34. The number of ether oxygens (including phenoxy) is 1. The molecule has 1 aromatic carbocycles. The summed E-state index contributed by atoms with van der Waals surface area (Å²) in [6.45, 7) is 4.22. The minimum Gasteiger partial charge on any atom is -0.468 e. The Balaban J connectivity index is 1.93. The average molecular weight is 279 g/mol. The molecular weight excluding hydrogens is 258 g/mol. The number of carbonyl (C=O) groups is 1. The molecule has 0 bridgehead atoms. The molecule has 0 amide bonds. The molecule has 0 aromatic heterocycles. The molecule has 0 aliphatic heterocycles. The number of aryl methyl sites for hydroxylation is 2. The summed E-state index contributed by atoms with van der Waals surface area (Å²) in [6, 6.07) is 6.71. The van der Waals surface area contributed by atoms with E-state index in [0.29, 0.717) is 11.8 Å². The van der Waals surface area contributed by atoms with E-state index in [1.807, 2.05) is 0 Å². The highest BCUT2D eigenvalue weighted by Gasteiger charge is 2.28. The maximum Gasteiger partial charge on any atom is 0.323 e. The van der Waals surface area contributed by atoms with Crippen LogP contribution in [-0.2, 0) is 9.53 Å². The molecule has 4 heteroatoms. The molecule has 0 spiro atoms. The van der Waals surface area contributed by atoms with Crippen LogP contribution in [0.15, 0.2) is 23.1 Å². The molecule has 1 atom stereocenters. The van der Waals surface area contributed by atoms with Gasteiger partial charge in [0.1, 0.15) is 6.04 Å². The van der Waals surface area contributed by atoms with Crippen molar-refractivity contribution in [2.75, 3.05) is 12.9 Å². The van der Waals surface area contributed by atoms with Crippen molar-refractivity contribution < 1.29 is 9.53 Å². The predicted molar refractivity (Wildman–Crippen MR) is 78.6 cm³/mol. The number of carbonyl (C=O) groups excluding carboxylic acids is 1. The minimum atomic E-state index is -0.205. The lowest BCUT2D eigenvalue weighted by Gasteiger charge is -2.16. The Bertz CT molecular complexity index is 457. The fourth-order valence-corrected chi connectivity index (χ4v) is 2.86. The summed E-state index contributed by atoms with van der Waals surface area (Å²) < 4.78 is 4.86. The van der Waals surface area contributed by atoms with Gasteiger partial charge in [-0.15, -0.1) is 11.8 Å². The molecule has 2 rings (SSSR count). The number of nitrogens with one attached hydrogen (secondary N) is 1. The van der Waals surface area contributed by atoms with Gasteiger partial charge in [-0.3, -0.25) is 4.79 Å². The highest BCUT2D eigenvalue weighted by Crippen LogP contribution is 2.24. The van der Waals surface area contributed by atoms with Gasteiger partial charge in [-0.05, 0) is 49.9 Å². The zero-order chi connectivity index (χ0) is 13.8. The van der Waals surface area contributed by atoms with Crippen LogP contribution in [0.3, 0.4) is 0 Å². The molecular formula is C15H21NO2S. The molecule has 3 nitrogen and oxygen atoms in total. The van der Waals surface area contributed by atoms with Gasteiger partial charge in [-0.1, -0.05) is 6.07 Å². The number of hydrogen-bond acceptors (Lipinski definition) is 4. The predicted octanol–water partition coefficient (Wildman–Crippen LogP) is 2.69. The Morgan fingerprint density at radius 1 is 1.42 bits per heavy atom. The lowest BCUT2D eigenvalue weighted by molar-refractivity contribution is -0.142. The first-order chi connectivity index (χ1) is 9.10. The molecule has 0 heterocycles. The normalized spacial score (nSPS) is 16.2. The molecule has 1 saturated carbocycles. The van der Waals surface area contributed by atoms with Crippen LogP contribution in [0.4, 0.5) is 0 Å². The fraction of sp³-hybridized carbons (Fsp3) is 0.533. The number of benzene rings is 1. The van der Waals surface area contributed by atoms with Crippen molar-refractivity contribution in [3.05, 3.63) is 29.3 Å². The quantitative estimate of drug-likeness (QED) is 0.642. The van der Waals surface area contributed by atoms with E-state index in [1.165, 1.54) is 36.0 Å². The standard InChI is InChI=1S/C15H21NO2S/c1-10-4-7-13(8-11(10)2)19-9-14(15(17)18-3)16-12-5-6-12/h4,7-8,12,14,16H,5-6,9H2,1-3H3. The first-order valence-corrected chi connectivity index (χ1v) is 7.62. The van der Waals surface area contributed by atoms with Crippen LogP contribution in [0.1, 0.15) is 24.0 Å². The smallest absolute Gasteiger partial charge is 0.323 e. The maximum atomic E-state index is 11.7. The van der Waals surface area contributed by atoms with Crippen molar-refractivity contribution in [1.82, 2.24) is 5.32 Å². The Kier molecular flexibility index (Phi) is 4.88. The molecule has 0 saturated heterocycles. The Morgan fingerprint density at radius 2 is 2.16 bits per heavy atom. The second kappa shape index (κ2) is 6.44. The van der Waals surface area contributed by atoms with Gasteiger partial charge in [0.25, 0.3) is 0 Å².